The van der Waals surface area contributed by atoms with Crippen LogP contribution in [0.1, 0.15) is 50.0 Å². The number of hydrogen-bond acceptors (Lipinski definition) is 4. The van der Waals surface area contributed by atoms with Gasteiger partial charge in [-0.1, -0.05) is 26.7 Å². The van der Waals surface area contributed by atoms with Gasteiger partial charge in [0.1, 0.15) is 5.69 Å². The summed E-state index contributed by atoms with van der Waals surface area (Å²) in [5.41, 5.74) is 0.974. The van der Waals surface area contributed by atoms with E-state index >= 15 is 0 Å². The molecule has 3 rings (SSSR count). The zero-order valence-electron chi connectivity index (χ0n) is 14.1. The normalized spacial score (nSPS) is 21.3. The average Bonchev–Trinajstić information content (AvgIpc) is 2.95. The lowest BCUT2D eigenvalue weighted by atomic mass is 9.89. The molecule has 24 heavy (non-hydrogen) atoms. The molecule has 0 aliphatic carbocycles. The van der Waals surface area contributed by atoms with Crippen molar-refractivity contribution in [1.82, 2.24) is 20.3 Å². The van der Waals surface area contributed by atoms with Crippen molar-refractivity contribution in [2.24, 2.45) is 5.92 Å². The van der Waals surface area contributed by atoms with Crippen molar-refractivity contribution in [3.05, 3.63) is 28.3 Å². The van der Waals surface area contributed by atoms with E-state index in [1.165, 1.54) is 0 Å². The number of aromatic amines is 2. The summed E-state index contributed by atoms with van der Waals surface area (Å²) in [7, 11) is 0. The maximum Gasteiger partial charge on any atom is 0.325 e. The highest BCUT2D eigenvalue weighted by atomic mass is 16.5. The lowest BCUT2D eigenvalue weighted by Gasteiger charge is -2.34. The molecule has 1 amide bonds. The summed E-state index contributed by atoms with van der Waals surface area (Å²) in [5, 5.41) is 3.06. The minimum atomic E-state index is -0.326. The standard InChI is InChI=1S/C17H24N4O3/c1-3-10(4-2)14-9-11(7-8-24-14)18-16(22)13-6-5-12-15(19-13)21-17(23)20-12/h5-6,10-11,14H,3-4,7-9H2,1-2H3,(H,18,22)(H2,19,20,21,23)/t11-,14+/m1/s1. The summed E-state index contributed by atoms with van der Waals surface area (Å²) in [5.74, 6) is 0.318. The summed E-state index contributed by atoms with van der Waals surface area (Å²) in [6.45, 7) is 5.02. The average molecular weight is 332 g/mol. The Balaban J connectivity index is 1.67. The number of rotatable bonds is 5. The Morgan fingerprint density at radius 1 is 1.38 bits per heavy atom. The predicted octanol–water partition coefficient (Wildman–Crippen LogP) is 1.96. The number of amides is 1. The van der Waals surface area contributed by atoms with Crippen LogP contribution in [-0.2, 0) is 4.74 Å². The second-order valence-corrected chi connectivity index (χ2v) is 6.35. The number of ether oxygens (including phenoxy) is 1. The minimum absolute atomic E-state index is 0.0969. The molecule has 2 aromatic rings. The molecule has 0 spiro atoms. The highest BCUT2D eigenvalue weighted by Crippen LogP contribution is 2.25. The monoisotopic (exact) mass is 332 g/mol. The van der Waals surface area contributed by atoms with Gasteiger partial charge in [-0.3, -0.25) is 9.78 Å². The fourth-order valence-corrected chi connectivity index (χ4v) is 3.40. The second kappa shape index (κ2) is 7.17. The first kappa shape index (κ1) is 16.7. The van der Waals surface area contributed by atoms with Gasteiger partial charge in [0.25, 0.3) is 5.91 Å². The molecule has 1 fully saturated rings. The lowest BCUT2D eigenvalue weighted by molar-refractivity contribution is -0.0337. The van der Waals surface area contributed by atoms with Crippen molar-refractivity contribution in [2.45, 2.75) is 51.7 Å². The predicted molar refractivity (Wildman–Crippen MR) is 91.0 cm³/mol. The summed E-state index contributed by atoms with van der Waals surface area (Å²) >= 11 is 0. The summed E-state index contributed by atoms with van der Waals surface area (Å²) in [4.78, 5) is 33.1. The van der Waals surface area contributed by atoms with Crippen LogP contribution in [0.3, 0.4) is 0 Å². The lowest BCUT2D eigenvalue weighted by Crippen LogP contribution is -2.44. The Hall–Kier alpha value is -2.15. The summed E-state index contributed by atoms with van der Waals surface area (Å²) < 4.78 is 5.89. The Morgan fingerprint density at radius 2 is 2.17 bits per heavy atom. The largest absolute Gasteiger partial charge is 0.378 e. The molecule has 0 unspecified atom stereocenters. The van der Waals surface area contributed by atoms with E-state index in [1.807, 2.05) is 0 Å². The maximum atomic E-state index is 12.5. The van der Waals surface area contributed by atoms with E-state index in [4.69, 9.17) is 4.74 Å². The van der Waals surface area contributed by atoms with Crippen LogP contribution in [0, 0.1) is 5.92 Å². The highest BCUT2D eigenvalue weighted by Gasteiger charge is 2.28. The quantitative estimate of drug-likeness (QED) is 0.779. The summed E-state index contributed by atoms with van der Waals surface area (Å²) in [6.07, 6.45) is 4.02. The fourth-order valence-electron chi connectivity index (χ4n) is 3.40. The number of carbonyl (C=O) groups is 1. The number of imidazole rings is 1. The van der Waals surface area contributed by atoms with Gasteiger partial charge in [-0.2, -0.15) is 0 Å². The molecule has 1 saturated heterocycles. The third-order valence-corrected chi connectivity index (χ3v) is 4.83. The molecule has 0 saturated carbocycles. The number of nitrogens with zero attached hydrogens (tertiary/aromatic N) is 1. The molecule has 7 nitrogen and oxygen atoms in total. The first-order chi connectivity index (χ1) is 11.6. The molecule has 130 valence electrons. The van der Waals surface area contributed by atoms with Crippen LogP contribution < -0.4 is 11.0 Å². The van der Waals surface area contributed by atoms with Gasteiger partial charge < -0.3 is 15.0 Å². The molecule has 2 atom stereocenters. The van der Waals surface area contributed by atoms with Gasteiger partial charge in [0.15, 0.2) is 5.65 Å². The fraction of sp³-hybridized carbons (Fsp3) is 0.588. The summed E-state index contributed by atoms with van der Waals surface area (Å²) in [6, 6.07) is 3.41. The van der Waals surface area contributed by atoms with Crippen molar-refractivity contribution < 1.29 is 9.53 Å². The molecule has 1 aliphatic heterocycles. The van der Waals surface area contributed by atoms with Crippen LogP contribution in [0.2, 0.25) is 0 Å². The van der Waals surface area contributed by atoms with Crippen molar-refractivity contribution >= 4 is 17.1 Å². The van der Waals surface area contributed by atoms with Gasteiger partial charge in [0.2, 0.25) is 0 Å². The third kappa shape index (κ3) is 3.51. The number of aromatic nitrogens is 3. The van der Waals surface area contributed by atoms with Gasteiger partial charge in [-0.15, -0.1) is 0 Å². The number of hydrogen-bond donors (Lipinski definition) is 3. The zero-order valence-corrected chi connectivity index (χ0v) is 14.1. The zero-order chi connectivity index (χ0) is 17.1. The Morgan fingerprint density at radius 3 is 2.92 bits per heavy atom. The van der Waals surface area contributed by atoms with E-state index in [2.05, 4.69) is 34.1 Å². The molecule has 3 heterocycles. The number of H-pyrrole nitrogens is 2. The molecule has 7 heteroatoms. The van der Waals surface area contributed by atoms with Gasteiger partial charge in [0.05, 0.1) is 11.6 Å². The van der Waals surface area contributed by atoms with E-state index in [9.17, 15) is 9.59 Å². The SMILES string of the molecule is CCC(CC)[C@@H]1C[C@H](NC(=O)c2ccc3[nH]c(=O)[nH]c3n2)CCO1. The highest BCUT2D eigenvalue weighted by molar-refractivity contribution is 5.94. The van der Waals surface area contributed by atoms with E-state index in [1.54, 1.807) is 12.1 Å². The van der Waals surface area contributed by atoms with E-state index in [0.717, 1.165) is 25.7 Å². The Bertz CT molecular complexity index is 763. The van der Waals surface area contributed by atoms with Crippen LogP contribution in [0.5, 0.6) is 0 Å². The Labute approximate surface area is 140 Å². The van der Waals surface area contributed by atoms with Crippen molar-refractivity contribution in [3.63, 3.8) is 0 Å². The first-order valence-electron chi connectivity index (χ1n) is 8.62. The molecular formula is C17H24N4O3. The first-order valence-corrected chi connectivity index (χ1v) is 8.62. The van der Waals surface area contributed by atoms with E-state index < -0.39 is 0 Å². The van der Waals surface area contributed by atoms with Crippen LogP contribution >= 0.6 is 0 Å². The molecule has 3 N–H and O–H groups in total. The van der Waals surface area contributed by atoms with Gasteiger partial charge in [-0.05, 0) is 30.9 Å². The van der Waals surface area contributed by atoms with Crippen molar-refractivity contribution in [2.75, 3.05) is 6.61 Å². The van der Waals surface area contributed by atoms with Gasteiger partial charge in [-0.25, -0.2) is 9.78 Å². The van der Waals surface area contributed by atoms with Crippen molar-refractivity contribution in [1.29, 1.82) is 0 Å². The van der Waals surface area contributed by atoms with Crippen molar-refractivity contribution in [3.8, 4) is 0 Å². The number of nitrogens with one attached hydrogen (secondary N) is 3. The molecule has 0 aromatic carbocycles. The second-order valence-electron chi connectivity index (χ2n) is 6.35. The maximum absolute atomic E-state index is 12.5. The van der Waals surface area contributed by atoms with Gasteiger partial charge >= 0.3 is 5.69 Å². The molecule has 0 radical (unpaired) electrons. The van der Waals surface area contributed by atoms with Crippen LogP contribution in [0.15, 0.2) is 16.9 Å². The molecule has 0 bridgehead atoms. The number of pyridine rings is 1. The molecular weight excluding hydrogens is 308 g/mol. The third-order valence-electron chi connectivity index (χ3n) is 4.83. The van der Waals surface area contributed by atoms with E-state index in [-0.39, 0.29) is 23.7 Å². The van der Waals surface area contributed by atoms with Crippen LogP contribution in [-0.4, -0.2) is 39.6 Å². The van der Waals surface area contributed by atoms with Crippen LogP contribution in [0.25, 0.3) is 11.2 Å². The Kier molecular flexibility index (Phi) is 4.99. The number of carbonyl (C=O) groups excluding carboxylic acids is 1. The smallest absolute Gasteiger partial charge is 0.325 e. The van der Waals surface area contributed by atoms with Gasteiger partial charge in [0, 0.05) is 12.6 Å². The van der Waals surface area contributed by atoms with E-state index in [0.29, 0.717) is 29.4 Å². The minimum Gasteiger partial charge on any atom is -0.378 e. The van der Waals surface area contributed by atoms with Crippen LogP contribution in [0.4, 0.5) is 0 Å². The number of fused-ring (bicyclic) bond motifs is 1. The molecule has 2 aromatic heterocycles. The topological polar surface area (TPSA) is 99.9 Å². The molecule has 1 aliphatic rings.